The van der Waals surface area contributed by atoms with Crippen molar-refractivity contribution < 1.29 is 14.3 Å². The number of aromatic nitrogens is 3. The van der Waals surface area contributed by atoms with Crippen molar-refractivity contribution in [1.29, 1.82) is 0 Å². The van der Waals surface area contributed by atoms with Crippen molar-refractivity contribution in [2.75, 3.05) is 5.32 Å². The van der Waals surface area contributed by atoms with Gasteiger partial charge in [-0.3, -0.25) is 4.79 Å². The Balaban J connectivity index is 1.32. The third kappa shape index (κ3) is 4.70. The fraction of sp³-hybridized carbons (Fsp3) is 0.130. The van der Waals surface area contributed by atoms with E-state index in [0.29, 0.717) is 35.1 Å². The summed E-state index contributed by atoms with van der Waals surface area (Å²) in [6, 6.07) is 14.7. The van der Waals surface area contributed by atoms with E-state index < -0.39 is 0 Å². The monoisotopic (exact) mass is 400 g/mol. The molecular weight excluding hydrogens is 380 g/mol. The number of oxazole rings is 1. The van der Waals surface area contributed by atoms with Crippen molar-refractivity contribution in [3.63, 3.8) is 0 Å². The molecule has 4 aromatic rings. The van der Waals surface area contributed by atoms with Gasteiger partial charge in [0.2, 0.25) is 5.91 Å². The van der Waals surface area contributed by atoms with Crippen LogP contribution in [0.2, 0.25) is 0 Å². The number of carbonyl (C=O) groups excluding carboxylic acids is 1. The maximum absolute atomic E-state index is 12.2. The summed E-state index contributed by atoms with van der Waals surface area (Å²) in [5.74, 6) is 1.62. The van der Waals surface area contributed by atoms with Gasteiger partial charge in [-0.25, -0.2) is 15.0 Å². The van der Waals surface area contributed by atoms with Gasteiger partial charge in [0.1, 0.15) is 5.75 Å². The van der Waals surface area contributed by atoms with Gasteiger partial charge >= 0.3 is 0 Å². The Labute approximate surface area is 173 Å². The Morgan fingerprint density at radius 3 is 2.50 bits per heavy atom. The normalized spacial score (nSPS) is 10.7. The number of phenolic OH excluding ortho intramolecular Hbond substituents is 1. The summed E-state index contributed by atoms with van der Waals surface area (Å²) < 4.78 is 5.75. The third-order valence-corrected chi connectivity index (χ3v) is 4.50. The first kappa shape index (κ1) is 19.3. The molecule has 0 unspecified atom stereocenters. The minimum absolute atomic E-state index is 0.144. The number of nitrogens with one attached hydrogen (secondary N) is 1. The van der Waals surface area contributed by atoms with E-state index in [-0.39, 0.29) is 18.1 Å². The van der Waals surface area contributed by atoms with Crippen molar-refractivity contribution in [2.24, 2.45) is 0 Å². The van der Waals surface area contributed by atoms with Crippen LogP contribution in [0.25, 0.3) is 22.7 Å². The SMILES string of the molecule is Cc1ccc(-c2cnc(CCC(=O)Nc3cnc(-c4cccc(O)c4)nc3)o2)cc1. The van der Waals surface area contributed by atoms with Crippen LogP contribution >= 0.6 is 0 Å². The molecule has 30 heavy (non-hydrogen) atoms. The number of amides is 1. The number of anilines is 1. The molecule has 0 saturated heterocycles. The summed E-state index contributed by atoms with van der Waals surface area (Å²) >= 11 is 0. The molecule has 2 heterocycles. The molecule has 150 valence electrons. The zero-order valence-corrected chi connectivity index (χ0v) is 16.4. The van der Waals surface area contributed by atoms with Crippen molar-refractivity contribution in [3.05, 3.63) is 78.6 Å². The summed E-state index contributed by atoms with van der Waals surface area (Å²) in [7, 11) is 0. The van der Waals surface area contributed by atoms with Gasteiger partial charge in [0.25, 0.3) is 0 Å². The number of hydrogen-bond donors (Lipinski definition) is 2. The van der Waals surface area contributed by atoms with Crippen LogP contribution < -0.4 is 5.32 Å². The van der Waals surface area contributed by atoms with Crippen LogP contribution in [0, 0.1) is 6.92 Å². The molecule has 0 aliphatic rings. The summed E-state index contributed by atoms with van der Waals surface area (Å²) in [5, 5.41) is 12.3. The van der Waals surface area contributed by atoms with E-state index in [0.717, 1.165) is 5.56 Å². The molecular formula is C23H20N4O3. The van der Waals surface area contributed by atoms with Gasteiger partial charge in [-0.15, -0.1) is 0 Å². The number of aryl methyl sites for hydroxylation is 2. The van der Waals surface area contributed by atoms with E-state index in [1.165, 1.54) is 18.0 Å². The number of carbonyl (C=O) groups is 1. The molecule has 2 aromatic carbocycles. The molecule has 0 bridgehead atoms. The number of hydrogen-bond acceptors (Lipinski definition) is 6. The molecule has 0 atom stereocenters. The lowest BCUT2D eigenvalue weighted by Crippen LogP contribution is -2.13. The van der Waals surface area contributed by atoms with E-state index in [1.54, 1.807) is 30.5 Å². The van der Waals surface area contributed by atoms with Crippen molar-refractivity contribution in [1.82, 2.24) is 15.0 Å². The zero-order valence-electron chi connectivity index (χ0n) is 16.4. The summed E-state index contributed by atoms with van der Waals surface area (Å²) in [4.78, 5) is 25.0. The molecule has 0 spiro atoms. The van der Waals surface area contributed by atoms with E-state index in [4.69, 9.17) is 4.42 Å². The predicted molar refractivity (Wildman–Crippen MR) is 113 cm³/mol. The standard InChI is InChI=1S/C23H20N4O3/c1-15-5-7-16(8-6-15)20-14-24-22(30-20)10-9-21(29)27-18-12-25-23(26-13-18)17-3-2-4-19(28)11-17/h2-8,11-14,28H,9-10H2,1H3,(H,27,29). The van der Waals surface area contributed by atoms with E-state index in [2.05, 4.69) is 20.3 Å². The minimum atomic E-state index is -0.182. The number of nitrogens with zero attached hydrogens (tertiary/aromatic N) is 3. The van der Waals surface area contributed by atoms with Crippen LogP contribution in [0.15, 0.2) is 71.5 Å². The number of phenols is 1. The molecule has 7 nitrogen and oxygen atoms in total. The number of rotatable bonds is 6. The lowest BCUT2D eigenvalue weighted by Gasteiger charge is -2.05. The first-order chi connectivity index (χ1) is 14.6. The molecule has 0 aliphatic heterocycles. The highest BCUT2D eigenvalue weighted by molar-refractivity contribution is 5.90. The fourth-order valence-electron chi connectivity index (χ4n) is 2.91. The lowest BCUT2D eigenvalue weighted by molar-refractivity contribution is -0.116. The zero-order chi connectivity index (χ0) is 20.9. The Bertz CT molecular complexity index is 1150. The minimum Gasteiger partial charge on any atom is -0.508 e. The largest absolute Gasteiger partial charge is 0.508 e. The summed E-state index contributed by atoms with van der Waals surface area (Å²) in [5.41, 5.74) is 3.32. The maximum atomic E-state index is 12.2. The van der Waals surface area contributed by atoms with Crippen LogP contribution in [-0.4, -0.2) is 26.0 Å². The van der Waals surface area contributed by atoms with Gasteiger partial charge < -0.3 is 14.8 Å². The van der Waals surface area contributed by atoms with Crippen LogP contribution in [0.4, 0.5) is 5.69 Å². The average Bonchev–Trinajstić information content (AvgIpc) is 3.22. The van der Waals surface area contributed by atoms with Gasteiger partial charge in [0.15, 0.2) is 17.5 Å². The predicted octanol–water partition coefficient (Wildman–Crippen LogP) is 4.38. The van der Waals surface area contributed by atoms with Crippen molar-refractivity contribution in [2.45, 2.75) is 19.8 Å². The average molecular weight is 400 g/mol. The fourth-order valence-corrected chi connectivity index (χ4v) is 2.91. The van der Waals surface area contributed by atoms with E-state index in [9.17, 15) is 9.90 Å². The van der Waals surface area contributed by atoms with Gasteiger partial charge in [-0.05, 0) is 19.1 Å². The summed E-state index contributed by atoms with van der Waals surface area (Å²) in [6.07, 6.45) is 5.35. The van der Waals surface area contributed by atoms with Gasteiger partial charge in [-0.2, -0.15) is 0 Å². The smallest absolute Gasteiger partial charge is 0.224 e. The van der Waals surface area contributed by atoms with Gasteiger partial charge in [-0.1, -0.05) is 42.0 Å². The van der Waals surface area contributed by atoms with E-state index in [1.807, 2.05) is 31.2 Å². The second kappa shape index (κ2) is 8.57. The Morgan fingerprint density at radius 1 is 1.00 bits per heavy atom. The molecule has 7 heteroatoms. The second-order valence-electron chi connectivity index (χ2n) is 6.88. The van der Waals surface area contributed by atoms with Crippen molar-refractivity contribution in [3.8, 4) is 28.5 Å². The van der Waals surface area contributed by atoms with E-state index >= 15 is 0 Å². The topological polar surface area (TPSA) is 101 Å². The quantitative estimate of drug-likeness (QED) is 0.498. The molecule has 0 radical (unpaired) electrons. The second-order valence-corrected chi connectivity index (χ2v) is 6.88. The molecule has 0 fully saturated rings. The maximum Gasteiger partial charge on any atom is 0.224 e. The van der Waals surface area contributed by atoms with Crippen molar-refractivity contribution >= 4 is 11.6 Å². The number of aromatic hydroxyl groups is 1. The Morgan fingerprint density at radius 2 is 1.77 bits per heavy atom. The highest BCUT2D eigenvalue weighted by Crippen LogP contribution is 2.22. The Hall–Kier alpha value is -4.00. The first-order valence-corrected chi connectivity index (χ1v) is 9.50. The van der Waals surface area contributed by atoms with Gasteiger partial charge in [0.05, 0.1) is 24.3 Å². The molecule has 2 N–H and O–H groups in total. The molecule has 1 amide bonds. The first-order valence-electron chi connectivity index (χ1n) is 9.50. The van der Waals surface area contributed by atoms with Crippen LogP contribution in [0.3, 0.4) is 0 Å². The third-order valence-electron chi connectivity index (χ3n) is 4.50. The Kier molecular flexibility index (Phi) is 5.52. The van der Waals surface area contributed by atoms with Crippen LogP contribution in [0.5, 0.6) is 5.75 Å². The highest BCUT2D eigenvalue weighted by atomic mass is 16.4. The molecule has 0 saturated carbocycles. The van der Waals surface area contributed by atoms with Crippen LogP contribution in [0.1, 0.15) is 17.9 Å². The molecule has 0 aliphatic carbocycles. The lowest BCUT2D eigenvalue weighted by atomic mass is 10.1. The van der Waals surface area contributed by atoms with Gasteiger partial charge in [0, 0.05) is 24.0 Å². The number of benzene rings is 2. The molecule has 2 aromatic heterocycles. The highest BCUT2D eigenvalue weighted by Gasteiger charge is 2.10. The molecule has 4 rings (SSSR count). The summed E-state index contributed by atoms with van der Waals surface area (Å²) in [6.45, 7) is 2.03. The van der Waals surface area contributed by atoms with Crippen LogP contribution in [-0.2, 0) is 11.2 Å².